The highest BCUT2D eigenvalue weighted by Crippen LogP contribution is 2.31. The third kappa shape index (κ3) is 6.12. The van der Waals surface area contributed by atoms with Gasteiger partial charge in [0.25, 0.3) is 5.91 Å². The third-order valence-corrected chi connectivity index (χ3v) is 8.04. The maximum Gasteiger partial charge on any atom is 0.253 e. The minimum atomic E-state index is -3.48. The summed E-state index contributed by atoms with van der Waals surface area (Å²) in [7, 11) is -1.71. The summed E-state index contributed by atoms with van der Waals surface area (Å²) < 4.78 is 29.6. The number of piperidine rings is 1. The van der Waals surface area contributed by atoms with E-state index in [0.29, 0.717) is 5.13 Å². The van der Waals surface area contributed by atoms with Crippen molar-refractivity contribution < 1.29 is 22.7 Å². The second kappa shape index (κ2) is 10.4. The van der Waals surface area contributed by atoms with E-state index in [1.807, 2.05) is 17.5 Å². The first-order chi connectivity index (χ1) is 17.1. The van der Waals surface area contributed by atoms with Gasteiger partial charge in [-0.1, -0.05) is 12.1 Å². The molecule has 4 rings (SSSR count). The molecule has 36 heavy (non-hydrogen) atoms. The van der Waals surface area contributed by atoms with Crippen LogP contribution in [-0.4, -0.2) is 67.8 Å². The highest BCUT2D eigenvalue weighted by atomic mass is 32.2. The standard InChI is InChI=1S/C24H29N5O5S2/c1-24(34-2)8-11-28(12-9-24)19-6-4-5-17(13-19)20-16-35-23(26-20)27-21(30)14-25-22(31)18-7-10-29(15-18)36(3,32)33/h4-7,10,13,15-16H,8-9,11-12,14H2,1-3H3,(H,25,31)(H,26,27,30). The van der Waals surface area contributed by atoms with Crippen molar-refractivity contribution in [2.75, 3.05) is 43.2 Å². The van der Waals surface area contributed by atoms with Crippen LogP contribution in [0.1, 0.15) is 30.1 Å². The summed E-state index contributed by atoms with van der Waals surface area (Å²) in [5.74, 6) is -0.984. The van der Waals surface area contributed by atoms with Crippen LogP contribution in [0.2, 0.25) is 0 Å². The van der Waals surface area contributed by atoms with Gasteiger partial charge in [0.05, 0.1) is 29.7 Å². The number of amides is 2. The fourth-order valence-electron chi connectivity index (χ4n) is 3.91. The van der Waals surface area contributed by atoms with E-state index in [2.05, 4.69) is 39.6 Å². The fourth-order valence-corrected chi connectivity index (χ4v) is 5.23. The topological polar surface area (TPSA) is 123 Å². The third-order valence-electron chi connectivity index (χ3n) is 6.29. The minimum Gasteiger partial charge on any atom is -0.378 e. The maximum absolute atomic E-state index is 12.3. The Morgan fingerprint density at radius 2 is 1.97 bits per heavy atom. The Kier molecular flexibility index (Phi) is 7.48. The zero-order valence-corrected chi connectivity index (χ0v) is 22.0. The number of nitrogens with zero attached hydrogens (tertiary/aromatic N) is 3. The van der Waals surface area contributed by atoms with Crippen molar-refractivity contribution in [3.8, 4) is 11.3 Å². The van der Waals surface area contributed by atoms with Gasteiger partial charge in [0.15, 0.2) is 5.13 Å². The van der Waals surface area contributed by atoms with Crippen molar-refractivity contribution >= 4 is 44.0 Å². The molecular weight excluding hydrogens is 502 g/mol. The van der Waals surface area contributed by atoms with Gasteiger partial charge in [0.2, 0.25) is 15.9 Å². The molecule has 3 heterocycles. The Bertz CT molecular complexity index is 1360. The molecule has 0 saturated carbocycles. The summed E-state index contributed by atoms with van der Waals surface area (Å²) in [6, 6.07) is 9.53. The molecule has 10 nitrogen and oxygen atoms in total. The second-order valence-corrected chi connectivity index (χ2v) is 11.7. The van der Waals surface area contributed by atoms with E-state index in [1.165, 1.54) is 29.8 Å². The number of anilines is 2. The summed E-state index contributed by atoms with van der Waals surface area (Å²) in [6.45, 7) is 3.70. The molecule has 2 aromatic heterocycles. The second-order valence-electron chi connectivity index (χ2n) is 8.95. The Hall–Kier alpha value is -3.22. The molecule has 0 aliphatic carbocycles. The van der Waals surface area contributed by atoms with E-state index in [-0.39, 0.29) is 17.7 Å². The number of aromatic nitrogens is 2. The van der Waals surface area contributed by atoms with Crippen molar-refractivity contribution in [3.05, 3.63) is 53.7 Å². The summed E-state index contributed by atoms with van der Waals surface area (Å²) in [6.07, 6.45) is 5.43. The largest absolute Gasteiger partial charge is 0.378 e. The average Bonchev–Trinajstić information content (AvgIpc) is 3.53. The van der Waals surface area contributed by atoms with E-state index >= 15 is 0 Å². The Balaban J connectivity index is 1.33. The predicted octanol–water partition coefficient (Wildman–Crippen LogP) is 2.79. The van der Waals surface area contributed by atoms with Crippen LogP contribution >= 0.6 is 11.3 Å². The molecule has 12 heteroatoms. The van der Waals surface area contributed by atoms with Crippen molar-refractivity contribution in [2.24, 2.45) is 0 Å². The molecule has 1 aliphatic rings. The number of methoxy groups -OCH3 is 1. The summed E-state index contributed by atoms with van der Waals surface area (Å²) in [4.78, 5) is 31.4. The molecule has 1 saturated heterocycles. The van der Waals surface area contributed by atoms with E-state index < -0.39 is 21.8 Å². The molecular formula is C24H29N5O5S2. The Morgan fingerprint density at radius 1 is 1.22 bits per heavy atom. The quantitative estimate of drug-likeness (QED) is 0.458. The zero-order valence-electron chi connectivity index (χ0n) is 20.4. The van der Waals surface area contributed by atoms with Gasteiger partial charge in [0, 0.05) is 49.2 Å². The maximum atomic E-state index is 12.3. The summed E-state index contributed by atoms with van der Waals surface area (Å²) in [5, 5.41) is 7.47. The normalized spacial score (nSPS) is 15.5. The van der Waals surface area contributed by atoms with Gasteiger partial charge >= 0.3 is 0 Å². The first-order valence-corrected chi connectivity index (χ1v) is 14.1. The summed E-state index contributed by atoms with van der Waals surface area (Å²) >= 11 is 1.30. The van der Waals surface area contributed by atoms with Crippen molar-refractivity contribution in [1.82, 2.24) is 14.3 Å². The number of hydrogen-bond acceptors (Lipinski definition) is 8. The number of thiazole rings is 1. The smallest absolute Gasteiger partial charge is 0.253 e. The lowest BCUT2D eigenvalue weighted by atomic mass is 9.93. The van der Waals surface area contributed by atoms with Gasteiger partial charge in [-0.3, -0.25) is 13.6 Å². The van der Waals surface area contributed by atoms with Crippen molar-refractivity contribution in [2.45, 2.75) is 25.4 Å². The number of nitrogens with one attached hydrogen (secondary N) is 2. The lowest BCUT2D eigenvalue weighted by Gasteiger charge is -2.39. The lowest BCUT2D eigenvalue weighted by Crippen LogP contribution is -2.43. The van der Waals surface area contributed by atoms with Gasteiger partial charge in [-0.25, -0.2) is 13.4 Å². The molecule has 0 bridgehead atoms. The van der Waals surface area contributed by atoms with Crippen LogP contribution in [0.15, 0.2) is 48.1 Å². The molecule has 2 N–H and O–H groups in total. The molecule has 0 spiro atoms. The van der Waals surface area contributed by atoms with E-state index in [4.69, 9.17) is 4.74 Å². The SMILES string of the molecule is COC1(C)CCN(c2cccc(-c3csc(NC(=O)CNC(=O)c4ccn(S(C)(=O)=O)c4)n3)c2)CC1. The van der Waals surface area contributed by atoms with Crippen LogP contribution < -0.4 is 15.5 Å². The van der Waals surface area contributed by atoms with Crippen LogP contribution in [0.4, 0.5) is 10.8 Å². The zero-order chi connectivity index (χ0) is 25.9. The molecule has 0 radical (unpaired) electrons. The fraction of sp³-hybridized carbons (Fsp3) is 0.375. The molecule has 192 valence electrons. The van der Waals surface area contributed by atoms with Crippen LogP contribution in [0.5, 0.6) is 0 Å². The Labute approximate surface area is 214 Å². The predicted molar refractivity (Wildman–Crippen MR) is 140 cm³/mol. The number of carbonyl (C=O) groups is 2. The van der Waals surface area contributed by atoms with Crippen molar-refractivity contribution in [1.29, 1.82) is 0 Å². The number of hydrogen-bond donors (Lipinski definition) is 2. The molecule has 0 unspecified atom stereocenters. The van der Waals surface area contributed by atoms with Crippen LogP contribution in [-0.2, 0) is 19.6 Å². The van der Waals surface area contributed by atoms with Crippen LogP contribution in [0, 0.1) is 0 Å². The molecule has 2 amide bonds. The monoisotopic (exact) mass is 531 g/mol. The van der Waals surface area contributed by atoms with E-state index in [9.17, 15) is 18.0 Å². The number of benzene rings is 1. The number of rotatable bonds is 8. The molecule has 1 aromatic carbocycles. The lowest BCUT2D eigenvalue weighted by molar-refractivity contribution is -0.115. The molecule has 1 fully saturated rings. The van der Waals surface area contributed by atoms with E-state index in [0.717, 1.165) is 53.1 Å². The number of carbonyl (C=O) groups excluding carboxylic acids is 2. The van der Waals surface area contributed by atoms with Crippen molar-refractivity contribution in [3.63, 3.8) is 0 Å². The first-order valence-electron chi connectivity index (χ1n) is 11.4. The van der Waals surface area contributed by atoms with Gasteiger partial charge < -0.3 is 20.3 Å². The highest BCUT2D eigenvalue weighted by molar-refractivity contribution is 7.89. The molecule has 3 aromatic rings. The van der Waals surface area contributed by atoms with Crippen LogP contribution in [0.25, 0.3) is 11.3 Å². The Morgan fingerprint density at radius 3 is 2.64 bits per heavy atom. The molecule has 0 atom stereocenters. The van der Waals surface area contributed by atoms with E-state index in [1.54, 1.807) is 7.11 Å². The van der Waals surface area contributed by atoms with Gasteiger partial charge in [-0.2, -0.15) is 0 Å². The average molecular weight is 532 g/mol. The van der Waals surface area contributed by atoms with Crippen LogP contribution in [0.3, 0.4) is 0 Å². The first kappa shape index (κ1) is 25.9. The highest BCUT2D eigenvalue weighted by Gasteiger charge is 2.29. The summed E-state index contributed by atoms with van der Waals surface area (Å²) in [5.41, 5.74) is 2.90. The van der Waals surface area contributed by atoms with Gasteiger partial charge in [-0.05, 0) is 38.0 Å². The number of ether oxygens (including phenoxy) is 1. The van der Waals surface area contributed by atoms with Gasteiger partial charge in [-0.15, -0.1) is 11.3 Å². The van der Waals surface area contributed by atoms with Gasteiger partial charge in [0.1, 0.15) is 0 Å². The molecule has 1 aliphatic heterocycles. The minimum absolute atomic E-state index is 0.0726.